The molecule has 0 aromatic heterocycles. The van der Waals surface area contributed by atoms with Crippen molar-refractivity contribution >= 4 is 10.4 Å². The van der Waals surface area contributed by atoms with Gasteiger partial charge in [0.1, 0.15) is 25.3 Å². The molecule has 0 bridgehead atoms. The van der Waals surface area contributed by atoms with Crippen LogP contribution in [-0.2, 0) is 10.4 Å². The molecule has 0 aliphatic heterocycles. The molecule has 0 rings (SSSR count). The van der Waals surface area contributed by atoms with Crippen LogP contribution in [0.5, 0.6) is 0 Å². The van der Waals surface area contributed by atoms with Crippen LogP contribution < -0.4 is 0 Å². The second-order valence-electron chi connectivity index (χ2n) is 4.45. The summed E-state index contributed by atoms with van der Waals surface area (Å²) in [6.45, 7) is 4.90. The van der Waals surface area contributed by atoms with Gasteiger partial charge in [0, 0.05) is 0 Å². The number of rotatable bonds is 4. The van der Waals surface area contributed by atoms with Crippen LogP contribution in [0.25, 0.3) is 0 Å². The zero-order valence-electron chi connectivity index (χ0n) is 10.0. The third kappa shape index (κ3) is 23.5. The van der Waals surface area contributed by atoms with E-state index < -0.39 is 10.4 Å². The lowest BCUT2D eigenvalue weighted by Crippen LogP contribution is -2.48. The highest BCUT2D eigenvalue weighted by Crippen LogP contribution is 2.01. The molecule has 0 heterocycles. The minimum Gasteiger partial charge on any atom is -0.388 e. The average Bonchev–Trinajstić information content (AvgIpc) is 1.72. The van der Waals surface area contributed by atoms with Gasteiger partial charge in [-0.05, 0) is 13.8 Å². The zero-order chi connectivity index (χ0) is 13.6. The van der Waals surface area contributed by atoms with E-state index in [2.05, 4.69) is 0 Å². The maximum Gasteiger partial charge on any atom is 0.394 e. The smallest absolute Gasteiger partial charge is 0.388 e. The van der Waals surface area contributed by atoms with Crippen LogP contribution in [0.15, 0.2) is 0 Å². The van der Waals surface area contributed by atoms with E-state index in [1.54, 1.807) is 13.8 Å². The number of hydrogen-bond acceptors (Lipinski definition) is 4. The Kier molecular flexibility index (Phi) is 8.10. The molecule has 0 amide bonds. The van der Waals surface area contributed by atoms with Crippen molar-refractivity contribution in [3.63, 3.8) is 0 Å². The van der Waals surface area contributed by atoms with E-state index in [0.29, 0.717) is 17.6 Å². The van der Waals surface area contributed by atoms with E-state index in [0.717, 1.165) is 0 Å². The van der Waals surface area contributed by atoms with E-state index in [-0.39, 0.29) is 12.2 Å². The number of likely N-dealkylation sites (N-methyl/N-ethyl adjacent to an activating group) is 1. The quantitative estimate of drug-likeness (QED) is 0.387. The summed E-state index contributed by atoms with van der Waals surface area (Å²) in [5.41, 5.74) is 0. The molecule has 0 saturated carbocycles. The SMILES string of the molecule is CC(O)C[N+](C)(C)CC(C)O.O=S(=O)(O)O. The van der Waals surface area contributed by atoms with Crippen LogP contribution in [-0.4, -0.2) is 71.6 Å². The zero-order valence-corrected chi connectivity index (χ0v) is 10.8. The second kappa shape index (κ2) is 7.15. The van der Waals surface area contributed by atoms with E-state index >= 15 is 0 Å². The third-order valence-electron chi connectivity index (χ3n) is 1.52. The summed E-state index contributed by atoms with van der Waals surface area (Å²) in [4.78, 5) is 0. The van der Waals surface area contributed by atoms with Gasteiger partial charge in [-0.25, -0.2) is 0 Å². The molecule has 2 atom stereocenters. The van der Waals surface area contributed by atoms with Crippen molar-refractivity contribution in [1.82, 2.24) is 0 Å². The third-order valence-corrected chi connectivity index (χ3v) is 1.52. The number of quaternary nitrogens is 1. The van der Waals surface area contributed by atoms with E-state index in [1.165, 1.54) is 0 Å². The first-order chi connectivity index (χ1) is 6.83. The minimum absolute atomic E-state index is 0.302. The fourth-order valence-corrected chi connectivity index (χ4v) is 1.51. The Morgan fingerprint density at radius 1 is 1.00 bits per heavy atom. The number of aliphatic hydroxyl groups excluding tert-OH is 2. The Hall–Kier alpha value is -0.250. The maximum absolute atomic E-state index is 9.10. The van der Waals surface area contributed by atoms with Crippen LogP contribution in [0, 0.1) is 0 Å². The molecular weight excluding hydrogens is 238 g/mol. The molecular formula is C8H22NO6S+. The molecule has 4 N–H and O–H groups in total. The van der Waals surface area contributed by atoms with Crippen LogP contribution in [0.2, 0.25) is 0 Å². The topological polar surface area (TPSA) is 115 Å². The molecule has 100 valence electrons. The van der Waals surface area contributed by atoms with Gasteiger partial charge < -0.3 is 14.7 Å². The predicted octanol–water partition coefficient (Wildman–Crippen LogP) is -0.828. The van der Waals surface area contributed by atoms with E-state index in [4.69, 9.17) is 27.7 Å². The summed E-state index contributed by atoms with van der Waals surface area (Å²) in [6.07, 6.45) is -0.604. The Bertz CT molecular complexity index is 252. The standard InChI is InChI=1S/C8H20NO2.H2O4S/c1-7(10)5-9(3,4)6-8(2)11;1-5(2,3)4/h7-8,10-11H,5-6H2,1-4H3;(H2,1,2,3,4)/q+1;. The van der Waals surface area contributed by atoms with Crippen molar-refractivity contribution in [3.05, 3.63) is 0 Å². The maximum atomic E-state index is 9.10. The average molecular weight is 260 g/mol. The number of nitrogens with zero attached hydrogens (tertiary/aromatic N) is 1. The molecule has 0 aliphatic carbocycles. The van der Waals surface area contributed by atoms with Crippen molar-refractivity contribution in [2.75, 3.05) is 27.2 Å². The summed E-state index contributed by atoms with van der Waals surface area (Å²) in [5.74, 6) is 0. The Morgan fingerprint density at radius 3 is 1.31 bits per heavy atom. The van der Waals surface area contributed by atoms with Crippen molar-refractivity contribution in [2.24, 2.45) is 0 Å². The van der Waals surface area contributed by atoms with Crippen molar-refractivity contribution in [3.8, 4) is 0 Å². The molecule has 0 aromatic rings. The molecule has 0 radical (unpaired) electrons. The molecule has 0 fully saturated rings. The van der Waals surface area contributed by atoms with Gasteiger partial charge in [0.15, 0.2) is 0 Å². The Balaban J connectivity index is 0. The molecule has 8 heteroatoms. The van der Waals surface area contributed by atoms with Crippen LogP contribution in [0.1, 0.15) is 13.8 Å². The molecule has 0 aromatic carbocycles. The Labute approximate surface area is 96.5 Å². The van der Waals surface area contributed by atoms with Gasteiger partial charge in [-0.3, -0.25) is 9.11 Å². The summed E-state index contributed by atoms with van der Waals surface area (Å²) in [5, 5.41) is 18.2. The highest BCUT2D eigenvalue weighted by atomic mass is 32.3. The van der Waals surface area contributed by atoms with Crippen molar-refractivity contribution < 1.29 is 32.2 Å². The van der Waals surface area contributed by atoms with Gasteiger partial charge in [-0.2, -0.15) is 8.42 Å². The minimum atomic E-state index is -4.67. The summed E-state index contributed by atoms with van der Waals surface area (Å²) in [7, 11) is -0.668. The van der Waals surface area contributed by atoms with Crippen LogP contribution in [0.3, 0.4) is 0 Å². The van der Waals surface area contributed by atoms with E-state index in [1.807, 2.05) is 14.1 Å². The van der Waals surface area contributed by atoms with Gasteiger partial charge in [0.2, 0.25) is 0 Å². The highest BCUT2D eigenvalue weighted by Gasteiger charge is 2.19. The first-order valence-corrected chi connectivity index (χ1v) is 6.11. The summed E-state index contributed by atoms with van der Waals surface area (Å²) >= 11 is 0. The number of aliphatic hydroxyl groups is 2. The predicted molar refractivity (Wildman–Crippen MR) is 59.4 cm³/mol. The highest BCUT2D eigenvalue weighted by molar-refractivity contribution is 7.79. The lowest BCUT2D eigenvalue weighted by molar-refractivity contribution is -0.895. The largest absolute Gasteiger partial charge is 0.394 e. The molecule has 0 saturated heterocycles. The van der Waals surface area contributed by atoms with Crippen LogP contribution in [0.4, 0.5) is 0 Å². The first kappa shape index (κ1) is 18.1. The fraction of sp³-hybridized carbons (Fsp3) is 1.00. The molecule has 2 unspecified atom stereocenters. The summed E-state index contributed by atoms with van der Waals surface area (Å²) in [6, 6.07) is 0. The monoisotopic (exact) mass is 260 g/mol. The summed E-state index contributed by atoms with van der Waals surface area (Å²) < 4.78 is 32.2. The van der Waals surface area contributed by atoms with Crippen LogP contribution >= 0.6 is 0 Å². The number of hydrogen-bond donors (Lipinski definition) is 4. The van der Waals surface area contributed by atoms with Crippen molar-refractivity contribution in [2.45, 2.75) is 26.1 Å². The second-order valence-corrected chi connectivity index (χ2v) is 5.34. The molecule has 16 heavy (non-hydrogen) atoms. The normalized spacial score (nSPS) is 16.0. The molecule has 0 aliphatic rings. The lowest BCUT2D eigenvalue weighted by Gasteiger charge is -2.31. The van der Waals surface area contributed by atoms with Gasteiger partial charge in [0.25, 0.3) is 0 Å². The van der Waals surface area contributed by atoms with E-state index in [9.17, 15) is 0 Å². The van der Waals surface area contributed by atoms with Gasteiger partial charge >= 0.3 is 10.4 Å². The molecule has 7 nitrogen and oxygen atoms in total. The van der Waals surface area contributed by atoms with Gasteiger partial charge in [-0.15, -0.1) is 0 Å². The van der Waals surface area contributed by atoms with Crippen molar-refractivity contribution in [1.29, 1.82) is 0 Å². The fourth-order valence-electron chi connectivity index (χ4n) is 1.51. The Morgan fingerprint density at radius 2 is 1.19 bits per heavy atom. The van der Waals surface area contributed by atoms with Gasteiger partial charge in [-0.1, -0.05) is 0 Å². The first-order valence-electron chi connectivity index (χ1n) is 4.71. The molecule has 0 spiro atoms. The van der Waals surface area contributed by atoms with Gasteiger partial charge in [0.05, 0.1) is 14.1 Å². The lowest BCUT2D eigenvalue weighted by atomic mass is 10.3.